The molecule has 5 aliphatic rings. The third-order valence-corrected chi connectivity index (χ3v) is 11.1. The van der Waals surface area contributed by atoms with Gasteiger partial charge >= 0.3 is 5.97 Å². The highest BCUT2D eigenvalue weighted by Gasteiger charge is 2.77. The molecule has 0 saturated heterocycles. The van der Waals surface area contributed by atoms with Crippen LogP contribution in [0.4, 0.5) is 0 Å². The summed E-state index contributed by atoms with van der Waals surface area (Å²) in [4.78, 5) is 25.0. The van der Waals surface area contributed by atoms with Crippen molar-refractivity contribution in [1.29, 1.82) is 0 Å². The van der Waals surface area contributed by atoms with E-state index in [-0.39, 0.29) is 34.2 Å². The van der Waals surface area contributed by atoms with Crippen LogP contribution < -0.4 is 0 Å². The molecule has 3 nitrogen and oxygen atoms in total. The molecule has 10 atom stereocenters. The maximum atomic E-state index is 13.4. The van der Waals surface area contributed by atoms with Gasteiger partial charge < -0.3 is 4.74 Å². The minimum absolute atomic E-state index is 0.0798. The van der Waals surface area contributed by atoms with Crippen LogP contribution in [0, 0.1) is 51.8 Å². The summed E-state index contributed by atoms with van der Waals surface area (Å²) >= 11 is 0. The highest BCUT2D eigenvalue weighted by Crippen LogP contribution is 2.80. The highest BCUT2D eigenvalue weighted by atomic mass is 16.5. The SMILES string of the molecule is C=C[C@H](OC(C)=O)[C@@H](C)[C@H]1CC[C@H]2[C@@H]3CC(=O)[C@]45C[C@H]4CC[C@]5(C)[C@H]3CC[C@]12C. The second-order valence-corrected chi connectivity index (χ2v) is 11.7. The molecule has 0 aromatic rings. The fourth-order valence-corrected chi connectivity index (χ4v) is 9.71. The average molecular weight is 399 g/mol. The molecule has 0 radical (unpaired) electrons. The number of hydrogen-bond acceptors (Lipinski definition) is 3. The van der Waals surface area contributed by atoms with E-state index in [1.807, 2.05) is 6.08 Å². The van der Waals surface area contributed by atoms with Crippen molar-refractivity contribution in [2.45, 2.75) is 85.2 Å². The summed E-state index contributed by atoms with van der Waals surface area (Å²) in [5, 5.41) is 0. The van der Waals surface area contributed by atoms with Crippen molar-refractivity contribution < 1.29 is 14.3 Å². The van der Waals surface area contributed by atoms with Gasteiger partial charge in [0.2, 0.25) is 0 Å². The van der Waals surface area contributed by atoms with Gasteiger partial charge in [0, 0.05) is 24.7 Å². The van der Waals surface area contributed by atoms with Crippen molar-refractivity contribution in [3.63, 3.8) is 0 Å². The number of rotatable bonds is 4. The Morgan fingerprint density at radius 1 is 1.17 bits per heavy atom. The summed E-state index contributed by atoms with van der Waals surface area (Å²) in [5.74, 6) is 3.88. The molecular weight excluding hydrogens is 360 g/mol. The van der Waals surface area contributed by atoms with E-state index in [9.17, 15) is 9.59 Å². The van der Waals surface area contributed by atoms with Crippen LogP contribution >= 0.6 is 0 Å². The predicted octanol–water partition coefficient (Wildman–Crippen LogP) is 5.58. The van der Waals surface area contributed by atoms with Gasteiger partial charge in [0.15, 0.2) is 0 Å². The summed E-state index contributed by atoms with van der Waals surface area (Å²) < 4.78 is 5.60. The maximum Gasteiger partial charge on any atom is 0.303 e. The van der Waals surface area contributed by atoms with Crippen LogP contribution in [0.5, 0.6) is 0 Å². The lowest BCUT2D eigenvalue weighted by Gasteiger charge is -2.58. The second-order valence-electron chi connectivity index (χ2n) is 11.7. The smallest absolute Gasteiger partial charge is 0.303 e. The predicted molar refractivity (Wildman–Crippen MR) is 113 cm³/mol. The van der Waals surface area contributed by atoms with E-state index in [2.05, 4.69) is 27.4 Å². The number of ether oxygens (including phenoxy) is 1. The molecule has 5 fully saturated rings. The molecule has 0 unspecified atom stereocenters. The van der Waals surface area contributed by atoms with Gasteiger partial charge in [-0.2, -0.15) is 0 Å². The third-order valence-electron chi connectivity index (χ3n) is 11.1. The molecule has 0 aliphatic heterocycles. The van der Waals surface area contributed by atoms with Gasteiger partial charge in [-0.25, -0.2) is 0 Å². The lowest BCUT2D eigenvalue weighted by atomic mass is 9.45. The number of fused-ring (bicyclic) bond motifs is 4. The normalized spacial score (nSPS) is 51.9. The summed E-state index contributed by atoms with van der Waals surface area (Å²) in [6.45, 7) is 12.7. The monoisotopic (exact) mass is 398 g/mol. The van der Waals surface area contributed by atoms with Gasteiger partial charge in [-0.15, -0.1) is 0 Å². The number of carbonyl (C=O) groups is 2. The summed E-state index contributed by atoms with van der Waals surface area (Å²) in [5.41, 5.74) is 0.602. The van der Waals surface area contributed by atoms with E-state index in [1.54, 1.807) is 0 Å². The Labute approximate surface area is 176 Å². The Hall–Kier alpha value is -1.12. The maximum absolute atomic E-state index is 13.4. The largest absolute Gasteiger partial charge is 0.458 e. The minimum atomic E-state index is -0.221. The second kappa shape index (κ2) is 6.20. The van der Waals surface area contributed by atoms with Crippen molar-refractivity contribution in [2.24, 2.45) is 51.8 Å². The van der Waals surface area contributed by atoms with Crippen molar-refractivity contribution in [2.75, 3.05) is 0 Å². The van der Waals surface area contributed by atoms with Gasteiger partial charge in [0.05, 0.1) is 0 Å². The Morgan fingerprint density at radius 2 is 1.93 bits per heavy atom. The molecule has 0 bridgehead atoms. The molecule has 5 aliphatic carbocycles. The van der Waals surface area contributed by atoms with Crippen LogP contribution in [0.25, 0.3) is 0 Å². The van der Waals surface area contributed by atoms with Crippen molar-refractivity contribution in [1.82, 2.24) is 0 Å². The fourth-order valence-electron chi connectivity index (χ4n) is 9.71. The molecule has 5 rings (SSSR count). The molecule has 0 N–H and O–H groups in total. The Balaban J connectivity index is 1.42. The summed E-state index contributed by atoms with van der Waals surface area (Å²) in [6.07, 6.45) is 11.2. The number of esters is 1. The lowest BCUT2D eigenvalue weighted by molar-refractivity contribution is -0.155. The van der Waals surface area contributed by atoms with Crippen LogP contribution in [0.15, 0.2) is 12.7 Å². The Kier molecular flexibility index (Phi) is 4.24. The zero-order chi connectivity index (χ0) is 20.8. The van der Waals surface area contributed by atoms with Gasteiger partial charge in [0.25, 0.3) is 0 Å². The van der Waals surface area contributed by atoms with Gasteiger partial charge in [0.1, 0.15) is 11.9 Å². The molecule has 0 aromatic carbocycles. The minimum Gasteiger partial charge on any atom is -0.458 e. The molecule has 1 spiro atoms. The standard InChI is InChI=1S/C26H38O3/c1-6-22(29-16(3)27)15(2)19-7-8-20-18-13-23(28)26-14-17(26)9-12-25(26,5)21(18)10-11-24(19,20)4/h6,15,17-22H,1,7-14H2,2-5H3/t15-,17+,18-,19+,20-,21-,22-,24+,25+,26-/m0/s1. The first-order valence-electron chi connectivity index (χ1n) is 12.0. The Morgan fingerprint density at radius 3 is 2.59 bits per heavy atom. The van der Waals surface area contributed by atoms with Gasteiger partial charge in [-0.05, 0) is 85.4 Å². The number of ketones is 1. The van der Waals surface area contributed by atoms with E-state index in [0.717, 1.165) is 12.3 Å². The van der Waals surface area contributed by atoms with Crippen LogP contribution in [-0.2, 0) is 14.3 Å². The van der Waals surface area contributed by atoms with E-state index in [4.69, 9.17) is 4.74 Å². The highest BCUT2D eigenvalue weighted by molar-refractivity contribution is 5.91. The van der Waals surface area contributed by atoms with Crippen LogP contribution in [-0.4, -0.2) is 17.9 Å². The van der Waals surface area contributed by atoms with Crippen LogP contribution in [0.1, 0.15) is 79.1 Å². The number of hydrogen-bond donors (Lipinski definition) is 0. The van der Waals surface area contributed by atoms with E-state index in [0.29, 0.717) is 29.5 Å². The third kappa shape index (κ3) is 2.36. The molecule has 0 aromatic heterocycles. The van der Waals surface area contributed by atoms with Gasteiger partial charge in [-0.1, -0.05) is 33.4 Å². The summed E-state index contributed by atoms with van der Waals surface area (Å²) in [6, 6.07) is 0. The number of carbonyl (C=O) groups excluding carboxylic acids is 2. The van der Waals surface area contributed by atoms with Crippen LogP contribution in [0.2, 0.25) is 0 Å². The lowest BCUT2D eigenvalue weighted by Crippen LogP contribution is -2.55. The van der Waals surface area contributed by atoms with Gasteiger partial charge in [-0.3, -0.25) is 9.59 Å². The first-order valence-corrected chi connectivity index (χ1v) is 12.0. The van der Waals surface area contributed by atoms with E-state index >= 15 is 0 Å². The van der Waals surface area contributed by atoms with Crippen molar-refractivity contribution in [3.8, 4) is 0 Å². The topological polar surface area (TPSA) is 43.4 Å². The van der Waals surface area contributed by atoms with Crippen molar-refractivity contribution in [3.05, 3.63) is 12.7 Å². The first kappa shape index (κ1) is 19.8. The van der Waals surface area contributed by atoms with E-state index < -0.39 is 0 Å². The molecule has 5 saturated carbocycles. The Bertz CT molecular complexity index is 757. The molecule has 29 heavy (non-hydrogen) atoms. The molecule has 0 amide bonds. The zero-order valence-electron chi connectivity index (χ0n) is 18.7. The fraction of sp³-hybridized carbons (Fsp3) is 0.846. The molecule has 160 valence electrons. The molecule has 3 heteroatoms. The first-order chi connectivity index (χ1) is 13.7. The van der Waals surface area contributed by atoms with Crippen LogP contribution in [0.3, 0.4) is 0 Å². The molecular formula is C26H38O3. The van der Waals surface area contributed by atoms with E-state index in [1.165, 1.54) is 51.9 Å². The zero-order valence-corrected chi connectivity index (χ0v) is 18.7. The average Bonchev–Trinajstić information content (AvgIpc) is 3.20. The number of Topliss-reactive ketones (excluding diaryl/α,β-unsaturated/α-hetero) is 1. The summed E-state index contributed by atoms with van der Waals surface area (Å²) in [7, 11) is 0. The molecule has 0 heterocycles. The quantitative estimate of drug-likeness (QED) is 0.459. The van der Waals surface area contributed by atoms with Crippen molar-refractivity contribution >= 4 is 11.8 Å².